The first-order valence-corrected chi connectivity index (χ1v) is 6.45. The van der Waals surface area contributed by atoms with E-state index >= 15 is 0 Å². The summed E-state index contributed by atoms with van der Waals surface area (Å²) in [5, 5.41) is 0. The molecule has 1 heterocycles. The maximum absolute atomic E-state index is 13.9. The number of hydrogen-bond acceptors (Lipinski definition) is 3. The van der Waals surface area contributed by atoms with Crippen LogP contribution in [-0.4, -0.2) is 36.7 Å². The number of halogens is 1. The molecule has 0 saturated carbocycles. The molecule has 1 aliphatic rings. The molecule has 100 valence electrons. The van der Waals surface area contributed by atoms with Crippen LogP contribution in [0.5, 0.6) is 0 Å². The number of nitrogens with zero attached hydrogens (tertiary/aromatic N) is 1. The lowest BCUT2D eigenvalue weighted by molar-refractivity contribution is -0.0802. The van der Waals surface area contributed by atoms with Crippen LogP contribution in [0.25, 0.3) is 0 Å². The fraction of sp³-hybridized carbons (Fsp3) is 0.571. The Morgan fingerprint density at radius 2 is 1.94 bits per heavy atom. The maximum atomic E-state index is 13.9. The normalized spacial score (nSPS) is 27.1. The van der Waals surface area contributed by atoms with Gasteiger partial charge in [0.15, 0.2) is 0 Å². The first-order chi connectivity index (χ1) is 8.61. The molecule has 0 spiro atoms. The molecule has 4 heteroatoms. The van der Waals surface area contributed by atoms with Gasteiger partial charge in [0.05, 0.1) is 18.2 Å². The number of nitrogens with two attached hydrogens (primary N) is 1. The topological polar surface area (TPSA) is 38.5 Å². The van der Waals surface area contributed by atoms with Crippen molar-refractivity contribution in [2.75, 3.05) is 19.6 Å². The summed E-state index contributed by atoms with van der Waals surface area (Å²) in [4.78, 5) is 2.22. The molecular weight excluding hydrogens is 231 g/mol. The van der Waals surface area contributed by atoms with Crippen molar-refractivity contribution in [2.45, 2.75) is 32.1 Å². The van der Waals surface area contributed by atoms with E-state index in [-0.39, 0.29) is 24.1 Å². The zero-order chi connectivity index (χ0) is 13.1. The minimum Gasteiger partial charge on any atom is -0.373 e. The molecule has 1 unspecified atom stereocenters. The summed E-state index contributed by atoms with van der Waals surface area (Å²) in [5.41, 5.74) is 6.53. The fourth-order valence-electron chi connectivity index (χ4n) is 2.69. The Hall–Kier alpha value is -0.970. The van der Waals surface area contributed by atoms with Gasteiger partial charge >= 0.3 is 0 Å². The highest BCUT2D eigenvalue weighted by atomic mass is 19.1. The van der Waals surface area contributed by atoms with Crippen molar-refractivity contribution in [2.24, 2.45) is 5.73 Å². The lowest BCUT2D eigenvalue weighted by Gasteiger charge is -2.40. The summed E-state index contributed by atoms with van der Waals surface area (Å²) < 4.78 is 19.6. The molecule has 0 radical (unpaired) electrons. The van der Waals surface area contributed by atoms with E-state index in [1.165, 1.54) is 6.07 Å². The van der Waals surface area contributed by atoms with Gasteiger partial charge in [0.2, 0.25) is 0 Å². The second kappa shape index (κ2) is 5.78. The van der Waals surface area contributed by atoms with E-state index in [9.17, 15) is 4.39 Å². The highest BCUT2D eigenvalue weighted by Crippen LogP contribution is 2.25. The maximum Gasteiger partial charge on any atom is 0.128 e. The summed E-state index contributed by atoms with van der Waals surface area (Å²) in [7, 11) is 0. The molecule has 1 aromatic rings. The second-order valence-corrected chi connectivity index (χ2v) is 4.98. The molecule has 3 atom stereocenters. The van der Waals surface area contributed by atoms with E-state index in [1.54, 1.807) is 6.07 Å². The number of ether oxygens (including phenoxy) is 1. The van der Waals surface area contributed by atoms with Gasteiger partial charge in [-0.15, -0.1) is 0 Å². The summed E-state index contributed by atoms with van der Waals surface area (Å²) >= 11 is 0. The average Bonchev–Trinajstić information content (AvgIpc) is 2.31. The van der Waals surface area contributed by atoms with Crippen LogP contribution in [0.3, 0.4) is 0 Å². The molecule has 3 nitrogen and oxygen atoms in total. The Kier molecular flexibility index (Phi) is 4.32. The summed E-state index contributed by atoms with van der Waals surface area (Å²) in [5.74, 6) is -0.181. The first kappa shape index (κ1) is 13.5. The van der Waals surface area contributed by atoms with Gasteiger partial charge in [-0.25, -0.2) is 4.39 Å². The Labute approximate surface area is 108 Å². The van der Waals surface area contributed by atoms with Gasteiger partial charge in [-0.05, 0) is 19.9 Å². The van der Waals surface area contributed by atoms with Crippen molar-refractivity contribution in [1.82, 2.24) is 4.90 Å². The molecule has 2 rings (SSSR count). The molecule has 1 aliphatic heterocycles. The van der Waals surface area contributed by atoms with Gasteiger partial charge in [0, 0.05) is 25.2 Å². The number of rotatable bonds is 3. The van der Waals surface area contributed by atoms with E-state index in [4.69, 9.17) is 10.5 Å². The molecule has 1 saturated heterocycles. The van der Waals surface area contributed by atoms with Gasteiger partial charge in [-0.1, -0.05) is 18.2 Å². The Morgan fingerprint density at radius 3 is 2.50 bits per heavy atom. The summed E-state index contributed by atoms with van der Waals surface area (Å²) in [6.07, 6.45) is 0.323. The highest BCUT2D eigenvalue weighted by molar-refractivity contribution is 5.22. The number of hydrogen-bond donors (Lipinski definition) is 1. The minimum atomic E-state index is -0.181. The van der Waals surface area contributed by atoms with E-state index in [0.29, 0.717) is 12.1 Å². The first-order valence-electron chi connectivity index (χ1n) is 6.45. The average molecular weight is 252 g/mol. The second-order valence-electron chi connectivity index (χ2n) is 4.98. The van der Waals surface area contributed by atoms with Crippen LogP contribution in [0.1, 0.15) is 25.5 Å². The number of morpholine rings is 1. The van der Waals surface area contributed by atoms with E-state index in [2.05, 4.69) is 4.90 Å². The lowest BCUT2D eigenvalue weighted by Crippen LogP contribution is -2.48. The van der Waals surface area contributed by atoms with E-state index < -0.39 is 0 Å². The molecular formula is C14H21FN2O. The standard InChI is InChI=1S/C14H21FN2O/c1-10-8-17(9-11(2)18-10)14(7-16)12-5-3-4-6-13(12)15/h3-6,10-11,14H,7-9,16H2,1-2H3/t10-,11+,14?. The lowest BCUT2D eigenvalue weighted by atomic mass is 10.0. The van der Waals surface area contributed by atoms with Crippen LogP contribution in [0.4, 0.5) is 4.39 Å². The van der Waals surface area contributed by atoms with Crippen molar-refractivity contribution in [3.05, 3.63) is 35.6 Å². The third kappa shape index (κ3) is 2.88. The van der Waals surface area contributed by atoms with Crippen molar-refractivity contribution in [1.29, 1.82) is 0 Å². The van der Waals surface area contributed by atoms with E-state index in [0.717, 1.165) is 13.1 Å². The molecule has 0 amide bonds. The van der Waals surface area contributed by atoms with Crippen LogP contribution >= 0.6 is 0 Å². The van der Waals surface area contributed by atoms with Crippen molar-refractivity contribution in [3.63, 3.8) is 0 Å². The van der Waals surface area contributed by atoms with Gasteiger partial charge in [-0.3, -0.25) is 4.90 Å². The fourth-order valence-corrected chi connectivity index (χ4v) is 2.69. The van der Waals surface area contributed by atoms with Crippen molar-refractivity contribution < 1.29 is 9.13 Å². The minimum absolute atomic E-state index is 0.0694. The zero-order valence-electron chi connectivity index (χ0n) is 11.0. The Bertz CT molecular complexity index is 389. The molecule has 0 aromatic heterocycles. The largest absolute Gasteiger partial charge is 0.373 e. The van der Waals surface area contributed by atoms with E-state index in [1.807, 2.05) is 26.0 Å². The van der Waals surface area contributed by atoms with Crippen molar-refractivity contribution in [3.8, 4) is 0 Å². The van der Waals surface area contributed by atoms with Crippen LogP contribution in [0, 0.1) is 5.82 Å². The third-order valence-corrected chi connectivity index (χ3v) is 3.38. The van der Waals surface area contributed by atoms with Gasteiger partial charge in [0.25, 0.3) is 0 Å². The van der Waals surface area contributed by atoms with Gasteiger partial charge in [0.1, 0.15) is 5.82 Å². The van der Waals surface area contributed by atoms with Crippen LogP contribution in [-0.2, 0) is 4.74 Å². The summed E-state index contributed by atoms with van der Waals surface area (Å²) in [6.45, 7) is 6.08. The molecule has 2 N–H and O–H groups in total. The molecule has 18 heavy (non-hydrogen) atoms. The number of benzene rings is 1. The Morgan fingerprint density at radius 1 is 1.33 bits per heavy atom. The smallest absolute Gasteiger partial charge is 0.128 e. The third-order valence-electron chi connectivity index (χ3n) is 3.38. The van der Waals surface area contributed by atoms with Crippen LogP contribution < -0.4 is 5.73 Å². The monoisotopic (exact) mass is 252 g/mol. The van der Waals surface area contributed by atoms with Crippen LogP contribution in [0.2, 0.25) is 0 Å². The molecule has 1 fully saturated rings. The van der Waals surface area contributed by atoms with Gasteiger partial charge in [-0.2, -0.15) is 0 Å². The Balaban J connectivity index is 2.20. The van der Waals surface area contributed by atoms with Crippen LogP contribution in [0.15, 0.2) is 24.3 Å². The zero-order valence-corrected chi connectivity index (χ0v) is 11.0. The molecule has 1 aromatic carbocycles. The quantitative estimate of drug-likeness (QED) is 0.893. The predicted octanol–water partition coefficient (Wildman–Crippen LogP) is 1.93. The molecule has 0 bridgehead atoms. The predicted molar refractivity (Wildman–Crippen MR) is 69.8 cm³/mol. The highest BCUT2D eigenvalue weighted by Gasteiger charge is 2.29. The van der Waals surface area contributed by atoms with Gasteiger partial charge < -0.3 is 10.5 Å². The van der Waals surface area contributed by atoms with Crippen molar-refractivity contribution >= 4 is 0 Å². The molecule has 0 aliphatic carbocycles. The SMILES string of the molecule is C[C@@H]1CN(C(CN)c2ccccc2F)C[C@H](C)O1. The summed E-state index contributed by atoms with van der Waals surface area (Å²) in [6, 6.07) is 6.80.